The van der Waals surface area contributed by atoms with Crippen molar-refractivity contribution in [3.63, 3.8) is 0 Å². The van der Waals surface area contributed by atoms with Gasteiger partial charge in [0.05, 0.1) is 10.6 Å². The average molecular weight is 352 g/mol. The molecule has 0 spiro atoms. The van der Waals surface area contributed by atoms with E-state index in [1.165, 1.54) is 15.6 Å². The second-order valence-corrected chi connectivity index (χ2v) is 9.29. The molecule has 1 saturated heterocycles. The van der Waals surface area contributed by atoms with Crippen molar-refractivity contribution < 1.29 is 13.5 Å². The van der Waals surface area contributed by atoms with Gasteiger partial charge in [0.25, 0.3) is 0 Å². The van der Waals surface area contributed by atoms with E-state index in [1.807, 2.05) is 19.9 Å². The molecule has 0 amide bonds. The Hall–Kier alpha value is -1.28. The van der Waals surface area contributed by atoms with Crippen LogP contribution in [-0.4, -0.2) is 35.9 Å². The largest absolute Gasteiger partial charge is 0.383 e. The highest BCUT2D eigenvalue weighted by molar-refractivity contribution is 7.89. The van der Waals surface area contributed by atoms with E-state index in [0.29, 0.717) is 36.5 Å². The lowest BCUT2D eigenvalue weighted by atomic mass is 9.89. The summed E-state index contributed by atoms with van der Waals surface area (Å²) in [5.74, 6) is 0. The monoisotopic (exact) mass is 352 g/mol. The third-order valence-electron chi connectivity index (χ3n) is 4.30. The molecule has 7 heteroatoms. The van der Waals surface area contributed by atoms with Crippen LogP contribution in [0.1, 0.15) is 28.3 Å². The molecule has 0 bridgehead atoms. The minimum absolute atomic E-state index is 0.295. The molecule has 0 atom stereocenters. The van der Waals surface area contributed by atoms with E-state index in [2.05, 4.69) is 4.98 Å². The van der Waals surface area contributed by atoms with Crippen LogP contribution in [0.4, 0.5) is 0 Å². The zero-order valence-electron chi connectivity index (χ0n) is 13.2. The molecule has 0 aliphatic carbocycles. The number of rotatable bonds is 3. The molecule has 3 rings (SSSR count). The number of pyridine rings is 1. The van der Waals surface area contributed by atoms with E-state index in [-0.39, 0.29) is 0 Å². The first-order valence-corrected chi connectivity index (χ1v) is 9.80. The number of hydrogen-bond donors (Lipinski definition) is 1. The third kappa shape index (κ3) is 3.06. The molecule has 0 aromatic carbocycles. The van der Waals surface area contributed by atoms with E-state index < -0.39 is 15.6 Å². The van der Waals surface area contributed by atoms with Crippen molar-refractivity contribution in [2.75, 3.05) is 13.1 Å². The fourth-order valence-corrected chi connectivity index (χ4v) is 5.96. The fraction of sp³-hybridized carbons (Fsp3) is 0.438. The van der Waals surface area contributed by atoms with Gasteiger partial charge in [-0.2, -0.15) is 4.31 Å². The molecule has 0 unspecified atom stereocenters. The van der Waals surface area contributed by atoms with Crippen molar-refractivity contribution in [3.8, 4) is 0 Å². The van der Waals surface area contributed by atoms with Crippen LogP contribution in [0.2, 0.25) is 0 Å². The number of sulfonamides is 1. The van der Waals surface area contributed by atoms with Crippen LogP contribution in [0.3, 0.4) is 0 Å². The van der Waals surface area contributed by atoms with E-state index >= 15 is 0 Å². The maximum Gasteiger partial charge on any atom is 0.244 e. The van der Waals surface area contributed by atoms with E-state index in [1.54, 1.807) is 24.4 Å². The minimum atomic E-state index is -3.49. The summed E-state index contributed by atoms with van der Waals surface area (Å²) in [5.41, 5.74) is -0.438. The fourth-order valence-electron chi connectivity index (χ4n) is 2.99. The Bertz CT molecular complexity index is 792. The predicted molar refractivity (Wildman–Crippen MR) is 89.9 cm³/mol. The van der Waals surface area contributed by atoms with Crippen molar-refractivity contribution in [2.24, 2.45) is 0 Å². The van der Waals surface area contributed by atoms with E-state index in [9.17, 15) is 13.5 Å². The summed E-state index contributed by atoms with van der Waals surface area (Å²) in [6, 6.07) is 7.15. The van der Waals surface area contributed by atoms with Crippen LogP contribution in [0.15, 0.2) is 35.4 Å². The molecule has 2 aromatic heterocycles. The average Bonchev–Trinajstić information content (AvgIpc) is 2.88. The van der Waals surface area contributed by atoms with Crippen molar-refractivity contribution in [1.82, 2.24) is 9.29 Å². The summed E-state index contributed by atoms with van der Waals surface area (Å²) in [6.45, 7) is 4.33. The van der Waals surface area contributed by atoms with Gasteiger partial charge in [-0.1, -0.05) is 6.07 Å². The molecule has 3 heterocycles. The highest BCUT2D eigenvalue weighted by atomic mass is 32.2. The summed E-state index contributed by atoms with van der Waals surface area (Å²) < 4.78 is 27.1. The number of piperidine rings is 1. The second kappa shape index (κ2) is 5.98. The van der Waals surface area contributed by atoms with Crippen LogP contribution in [0.25, 0.3) is 0 Å². The Kier molecular flexibility index (Phi) is 4.31. The molecule has 23 heavy (non-hydrogen) atoms. The Morgan fingerprint density at radius 1 is 1.26 bits per heavy atom. The van der Waals surface area contributed by atoms with Gasteiger partial charge in [-0.05, 0) is 44.9 Å². The Balaban J connectivity index is 1.80. The number of hydrogen-bond acceptors (Lipinski definition) is 5. The Morgan fingerprint density at radius 2 is 1.96 bits per heavy atom. The summed E-state index contributed by atoms with van der Waals surface area (Å²) in [4.78, 5) is 6.41. The van der Waals surface area contributed by atoms with Crippen molar-refractivity contribution >= 4 is 21.4 Å². The lowest BCUT2D eigenvalue weighted by Gasteiger charge is -2.37. The Morgan fingerprint density at radius 3 is 2.48 bits per heavy atom. The molecule has 1 aliphatic heterocycles. The van der Waals surface area contributed by atoms with Gasteiger partial charge in [0.15, 0.2) is 0 Å². The van der Waals surface area contributed by atoms with Crippen LogP contribution in [0, 0.1) is 13.8 Å². The summed E-state index contributed by atoms with van der Waals surface area (Å²) in [7, 11) is -3.49. The molecule has 5 nitrogen and oxygen atoms in total. The highest BCUT2D eigenvalue weighted by Crippen LogP contribution is 2.35. The third-order valence-corrected chi connectivity index (χ3v) is 7.42. The standard InChI is InChI=1S/C16H20N2O3S2/c1-12-11-14(13(2)22-12)23(20,21)18-9-6-16(19,7-10-18)15-5-3-4-8-17-15/h3-5,8,11,19H,6-7,9-10H2,1-2H3. The molecule has 0 radical (unpaired) electrons. The maximum absolute atomic E-state index is 12.8. The number of aromatic nitrogens is 1. The van der Waals surface area contributed by atoms with Crippen LogP contribution >= 0.6 is 11.3 Å². The molecule has 1 fully saturated rings. The van der Waals surface area contributed by atoms with Gasteiger partial charge in [-0.3, -0.25) is 4.98 Å². The van der Waals surface area contributed by atoms with E-state index in [0.717, 1.165) is 9.75 Å². The first kappa shape index (κ1) is 16.6. The minimum Gasteiger partial charge on any atom is -0.383 e. The molecule has 1 N–H and O–H groups in total. The summed E-state index contributed by atoms with van der Waals surface area (Å²) in [5, 5.41) is 10.8. The van der Waals surface area contributed by atoms with Gasteiger partial charge < -0.3 is 5.11 Å². The maximum atomic E-state index is 12.8. The van der Waals surface area contributed by atoms with Gasteiger partial charge in [-0.15, -0.1) is 11.3 Å². The number of nitrogens with zero attached hydrogens (tertiary/aromatic N) is 2. The smallest absolute Gasteiger partial charge is 0.244 e. The quantitative estimate of drug-likeness (QED) is 0.921. The Labute approximate surface area is 140 Å². The van der Waals surface area contributed by atoms with Gasteiger partial charge in [0.2, 0.25) is 10.0 Å². The molecular formula is C16H20N2O3S2. The highest BCUT2D eigenvalue weighted by Gasteiger charge is 2.39. The SMILES string of the molecule is Cc1cc(S(=O)(=O)N2CCC(O)(c3ccccn3)CC2)c(C)s1. The van der Waals surface area contributed by atoms with Crippen molar-refractivity contribution in [2.45, 2.75) is 37.2 Å². The van der Waals surface area contributed by atoms with Crippen LogP contribution in [0.5, 0.6) is 0 Å². The zero-order chi connectivity index (χ0) is 16.7. The molecule has 2 aromatic rings. The lowest BCUT2D eigenvalue weighted by molar-refractivity contribution is -0.0134. The molecule has 1 aliphatic rings. The van der Waals surface area contributed by atoms with Crippen LogP contribution < -0.4 is 0 Å². The van der Waals surface area contributed by atoms with Crippen molar-refractivity contribution in [1.29, 1.82) is 0 Å². The van der Waals surface area contributed by atoms with Gasteiger partial charge in [0.1, 0.15) is 5.60 Å². The van der Waals surface area contributed by atoms with E-state index in [4.69, 9.17) is 0 Å². The van der Waals surface area contributed by atoms with Crippen molar-refractivity contribution in [3.05, 3.63) is 45.9 Å². The van der Waals surface area contributed by atoms with Gasteiger partial charge in [0, 0.05) is 29.0 Å². The van der Waals surface area contributed by atoms with Gasteiger partial charge in [-0.25, -0.2) is 8.42 Å². The second-order valence-electron chi connectivity index (χ2n) is 5.93. The summed E-state index contributed by atoms with van der Waals surface area (Å²) in [6.07, 6.45) is 2.35. The van der Waals surface area contributed by atoms with Gasteiger partial charge >= 0.3 is 0 Å². The number of aliphatic hydroxyl groups is 1. The first-order chi connectivity index (χ1) is 10.8. The molecule has 0 saturated carbocycles. The topological polar surface area (TPSA) is 70.5 Å². The molecular weight excluding hydrogens is 332 g/mol. The zero-order valence-corrected chi connectivity index (χ0v) is 14.8. The summed E-state index contributed by atoms with van der Waals surface area (Å²) >= 11 is 1.49. The number of thiophene rings is 1. The molecule has 124 valence electrons. The lowest BCUT2D eigenvalue weighted by Crippen LogP contribution is -2.45. The first-order valence-electron chi connectivity index (χ1n) is 7.54. The predicted octanol–water partition coefficient (Wildman–Crippen LogP) is 2.43. The number of aryl methyl sites for hydroxylation is 2. The normalized spacial score (nSPS) is 18.9. The van der Waals surface area contributed by atoms with Crippen LogP contribution in [-0.2, 0) is 15.6 Å².